The minimum atomic E-state index is 0.817. The van der Waals surface area contributed by atoms with Crippen LogP contribution in [-0.2, 0) is 6.42 Å². The maximum atomic E-state index is 4.22. The smallest absolute Gasteiger partial charge is 0.158 e. The lowest BCUT2D eigenvalue weighted by Crippen LogP contribution is -1.91. The molecule has 0 aliphatic heterocycles. The molecular weight excluding hydrogens is 140 g/mol. The second-order valence-electron chi connectivity index (χ2n) is 2.31. The summed E-state index contributed by atoms with van der Waals surface area (Å²) in [5, 5.41) is 7.60. The minimum Gasteiger partial charge on any atom is -0.261 e. The number of aromatic amines is 1. The van der Waals surface area contributed by atoms with E-state index < -0.39 is 0 Å². The molecule has 4 heteroatoms. The fourth-order valence-corrected chi connectivity index (χ4v) is 0.945. The van der Waals surface area contributed by atoms with Crippen LogP contribution in [0.2, 0.25) is 0 Å². The molecule has 0 bridgehead atoms. The Balaban J connectivity index is 2.67. The van der Waals surface area contributed by atoms with E-state index in [0.29, 0.717) is 0 Å². The Morgan fingerprint density at radius 1 is 1.45 bits per heavy atom. The van der Waals surface area contributed by atoms with Gasteiger partial charge in [-0.15, -0.1) is 0 Å². The van der Waals surface area contributed by atoms with Gasteiger partial charge in [0, 0.05) is 12.6 Å². The molecule has 0 aliphatic carbocycles. The molecule has 0 radical (unpaired) electrons. The zero-order valence-electron chi connectivity index (χ0n) is 6.20. The molecule has 0 atom stereocenters. The Kier molecular flexibility index (Phi) is 1.31. The number of H-pyrrole nitrogens is 1. The van der Waals surface area contributed by atoms with Crippen LogP contribution in [-0.4, -0.2) is 20.2 Å². The lowest BCUT2D eigenvalue weighted by atomic mass is 10.4. The molecule has 0 saturated heterocycles. The number of hydrogen-bond acceptors (Lipinski definition) is 3. The van der Waals surface area contributed by atoms with Crippen molar-refractivity contribution in [2.45, 2.75) is 13.3 Å². The predicted octanol–water partition coefficient (Wildman–Crippen LogP) is 0.915. The quantitative estimate of drug-likeness (QED) is 0.654. The van der Waals surface area contributed by atoms with Gasteiger partial charge in [-0.05, 0) is 0 Å². The normalized spacial score (nSPS) is 10.6. The molecule has 0 unspecified atom stereocenters. The third-order valence-electron chi connectivity index (χ3n) is 1.56. The number of aryl methyl sites for hydroxylation is 1. The van der Waals surface area contributed by atoms with E-state index >= 15 is 0 Å². The van der Waals surface area contributed by atoms with Gasteiger partial charge in [0.15, 0.2) is 5.65 Å². The number of nitrogens with zero attached hydrogens (tertiary/aromatic N) is 3. The number of hydrogen-bond donors (Lipinski definition) is 1. The summed E-state index contributed by atoms with van der Waals surface area (Å²) in [6, 6.07) is 0. The lowest BCUT2D eigenvalue weighted by molar-refractivity contribution is 0.950. The highest BCUT2D eigenvalue weighted by Gasteiger charge is 1.97. The minimum absolute atomic E-state index is 0.817. The molecule has 2 aromatic rings. The standard InChI is InChI=1S/C7H8N4/c1-2-6-8-3-5-4-9-11-7(5)10-6/h3-4H,2H2,1H3,(H,8,9,10,11). The van der Waals surface area contributed by atoms with Gasteiger partial charge in [0.2, 0.25) is 0 Å². The molecule has 2 heterocycles. The second kappa shape index (κ2) is 2.30. The van der Waals surface area contributed by atoms with Gasteiger partial charge in [-0.25, -0.2) is 9.97 Å². The fourth-order valence-electron chi connectivity index (χ4n) is 0.945. The predicted molar refractivity (Wildman–Crippen MR) is 41.1 cm³/mol. The highest BCUT2D eigenvalue weighted by molar-refractivity contribution is 5.72. The van der Waals surface area contributed by atoms with Crippen molar-refractivity contribution in [3.63, 3.8) is 0 Å². The zero-order valence-corrected chi connectivity index (χ0v) is 6.20. The average molecular weight is 148 g/mol. The summed E-state index contributed by atoms with van der Waals surface area (Å²) in [6.45, 7) is 2.03. The van der Waals surface area contributed by atoms with Crippen molar-refractivity contribution < 1.29 is 0 Å². The molecule has 1 N–H and O–H groups in total. The van der Waals surface area contributed by atoms with Gasteiger partial charge in [-0.3, -0.25) is 5.10 Å². The number of rotatable bonds is 1. The Morgan fingerprint density at radius 3 is 3.18 bits per heavy atom. The van der Waals surface area contributed by atoms with Gasteiger partial charge in [-0.2, -0.15) is 5.10 Å². The van der Waals surface area contributed by atoms with Crippen LogP contribution >= 0.6 is 0 Å². The van der Waals surface area contributed by atoms with Crippen LogP contribution in [0.3, 0.4) is 0 Å². The van der Waals surface area contributed by atoms with Crippen molar-refractivity contribution in [1.29, 1.82) is 0 Å². The van der Waals surface area contributed by atoms with E-state index in [0.717, 1.165) is 23.3 Å². The van der Waals surface area contributed by atoms with E-state index in [-0.39, 0.29) is 0 Å². The Hall–Kier alpha value is -1.45. The highest BCUT2D eigenvalue weighted by Crippen LogP contribution is 2.05. The van der Waals surface area contributed by atoms with Crippen LogP contribution in [0, 0.1) is 0 Å². The molecule has 0 spiro atoms. The number of nitrogens with one attached hydrogen (secondary N) is 1. The van der Waals surface area contributed by atoms with Crippen LogP contribution in [0.4, 0.5) is 0 Å². The largest absolute Gasteiger partial charge is 0.261 e. The summed E-state index contributed by atoms with van der Waals surface area (Å²) in [4.78, 5) is 8.35. The average Bonchev–Trinajstić information content (AvgIpc) is 2.50. The third-order valence-corrected chi connectivity index (χ3v) is 1.56. The van der Waals surface area contributed by atoms with Gasteiger partial charge in [0.05, 0.1) is 11.6 Å². The molecule has 2 aromatic heterocycles. The van der Waals surface area contributed by atoms with E-state index in [1.165, 1.54) is 0 Å². The fraction of sp³-hybridized carbons (Fsp3) is 0.286. The van der Waals surface area contributed by atoms with Crippen molar-refractivity contribution in [3.8, 4) is 0 Å². The van der Waals surface area contributed by atoms with Crippen molar-refractivity contribution in [2.75, 3.05) is 0 Å². The van der Waals surface area contributed by atoms with Gasteiger partial charge in [0.1, 0.15) is 5.82 Å². The van der Waals surface area contributed by atoms with Crippen LogP contribution in [0.1, 0.15) is 12.7 Å². The molecule has 2 rings (SSSR count). The van der Waals surface area contributed by atoms with Crippen LogP contribution < -0.4 is 0 Å². The summed E-state index contributed by atoms with van der Waals surface area (Å²) < 4.78 is 0. The van der Waals surface area contributed by atoms with E-state index in [9.17, 15) is 0 Å². The van der Waals surface area contributed by atoms with Crippen molar-refractivity contribution in [2.24, 2.45) is 0 Å². The first kappa shape index (κ1) is 6.27. The monoisotopic (exact) mass is 148 g/mol. The summed E-state index contributed by atoms with van der Waals surface area (Å²) in [7, 11) is 0. The third kappa shape index (κ3) is 0.960. The number of fused-ring (bicyclic) bond motifs is 1. The maximum Gasteiger partial charge on any atom is 0.158 e. The van der Waals surface area contributed by atoms with E-state index in [1.807, 2.05) is 6.92 Å². The molecule has 0 saturated carbocycles. The first-order chi connectivity index (χ1) is 5.40. The summed E-state index contributed by atoms with van der Waals surface area (Å²) in [6.07, 6.45) is 4.36. The zero-order chi connectivity index (χ0) is 7.68. The number of aromatic nitrogens is 4. The summed E-state index contributed by atoms with van der Waals surface area (Å²) >= 11 is 0. The lowest BCUT2D eigenvalue weighted by Gasteiger charge is -1.91. The van der Waals surface area contributed by atoms with Crippen molar-refractivity contribution in [3.05, 3.63) is 18.2 Å². The van der Waals surface area contributed by atoms with Gasteiger partial charge in [0.25, 0.3) is 0 Å². The van der Waals surface area contributed by atoms with Crippen LogP contribution in [0.5, 0.6) is 0 Å². The van der Waals surface area contributed by atoms with Crippen LogP contribution in [0.25, 0.3) is 11.0 Å². The van der Waals surface area contributed by atoms with Crippen molar-refractivity contribution in [1.82, 2.24) is 20.2 Å². The van der Waals surface area contributed by atoms with Crippen LogP contribution in [0.15, 0.2) is 12.4 Å². The molecule has 4 nitrogen and oxygen atoms in total. The van der Waals surface area contributed by atoms with Gasteiger partial charge < -0.3 is 0 Å². The maximum absolute atomic E-state index is 4.22. The Bertz CT molecular complexity index is 365. The molecule has 0 aliphatic rings. The molecular formula is C7H8N4. The molecule has 11 heavy (non-hydrogen) atoms. The van der Waals surface area contributed by atoms with E-state index in [1.54, 1.807) is 12.4 Å². The van der Waals surface area contributed by atoms with Gasteiger partial charge in [-0.1, -0.05) is 6.92 Å². The highest BCUT2D eigenvalue weighted by atomic mass is 15.1. The SMILES string of the molecule is CCc1ncc2cn[nH]c2n1. The molecule has 0 fully saturated rings. The Morgan fingerprint density at radius 2 is 2.36 bits per heavy atom. The first-order valence-electron chi connectivity index (χ1n) is 3.55. The second-order valence-corrected chi connectivity index (χ2v) is 2.31. The van der Waals surface area contributed by atoms with E-state index in [2.05, 4.69) is 20.2 Å². The van der Waals surface area contributed by atoms with Gasteiger partial charge >= 0.3 is 0 Å². The molecule has 0 aromatic carbocycles. The van der Waals surface area contributed by atoms with E-state index in [4.69, 9.17) is 0 Å². The first-order valence-corrected chi connectivity index (χ1v) is 3.55. The summed E-state index contributed by atoms with van der Waals surface area (Å²) in [5.41, 5.74) is 0.817. The summed E-state index contributed by atoms with van der Waals surface area (Å²) in [5.74, 6) is 0.849. The molecule has 0 amide bonds. The molecule has 56 valence electrons. The van der Waals surface area contributed by atoms with Crippen molar-refractivity contribution >= 4 is 11.0 Å². The topological polar surface area (TPSA) is 54.5 Å². The Labute approximate surface area is 63.7 Å².